The molecule has 0 spiro atoms. The highest BCUT2D eigenvalue weighted by Crippen LogP contribution is 2.23. The lowest BCUT2D eigenvalue weighted by Gasteiger charge is -2.05. The third-order valence-electron chi connectivity index (χ3n) is 6.09. The van der Waals surface area contributed by atoms with Crippen LogP contribution in [0.4, 0.5) is 0 Å². The molecule has 0 radical (unpaired) electrons. The van der Waals surface area contributed by atoms with Crippen LogP contribution in [0.1, 0.15) is 11.1 Å². The monoisotopic (exact) mass is 546 g/mol. The van der Waals surface area contributed by atoms with Crippen molar-refractivity contribution in [2.45, 2.75) is 13.8 Å². The molecule has 0 amide bonds. The van der Waals surface area contributed by atoms with Crippen LogP contribution in [0, 0.1) is 13.8 Å². The normalized spacial score (nSPS) is 10.6. The first kappa shape index (κ1) is 24.5. The fraction of sp³-hybridized carbons (Fsp3) is 0.0625. The molecule has 2 aromatic heterocycles. The van der Waals surface area contributed by atoms with Crippen molar-refractivity contribution in [3.05, 3.63) is 144 Å². The van der Waals surface area contributed by atoms with E-state index in [-0.39, 0.29) is 0 Å². The first-order chi connectivity index (χ1) is 18.0. The van der Waals surface area contributed by atoms with Crippen molar-refractivity contribution >= 4 is 15.9 Å². The fourth-order valence-corrected chi connectivity index (χ4v) is 4.25. The van der Waals surface area contributed by atoms with Gasteiger partial charge >= 0.3 is 0 Å². The lowest BCUT2D eigenvalue weighted by molar-refractivity contribution is 0.880. The van der Waals surface area contributed by atoms with E-state index in [1.54, 1.807) is 12.4 Å². The van der Waals surface area contributed by atoms with Gasteiger partial charge in [0.15, 0.2) is 0 Å². The summed E-state index contributed by atoms with van der Waals surface area (Å²) >= 11 is 3.40. The van der Waals surface area contributed by atoms with Crippen molar-refractivity contribution in [1.82, 2.24) is 19.6 Å². The molecule has 0 saturated heterocycles. The first-order valence-electron chi connectivity index (χ1n) is 12.1. The number of benzene rings is 4. The molecule has 6 aromatic rings. The highest BCUT2D eigenvalue weighted by atomic mass is 79.9. The molecular weight excluding hydrogens is 520 g/mol. The van der Waals surface area contributed by atoms with Crippen molar-refractivity contribution in [3.8, 4) is 33.6 Å². The van der Waals surface area contributed by atoms with Crippen LogP contribution in [-0.4, -0.2) is 19.6 Å². The Bertz CT molecular complexity index is 1550. The van der Waals surface area contributed by atoms with Crippen LogP contribution in [0.3, 0.4) is 0 Å². The van der Waals surface area contributed by atoms with Crippen LogP contribution >= 0.6 is 15.9 Å². The summed E-state index contributed by atoms with van der Waals surface area (Å²) in [5.74, 6) is 0. The molecule has 0 atom stereocenters. The third-order valence-corrected chi connectivity index (χ3v) is 6.50. The van der Waals surface area contributed by atoms with Gasteiger partial charge in [0.25, 0.3) is 0 Å². The number of aryl methyl sites for hydroxylation is 2. The first-order valence-corrected chi connectivity index (χ1v) is 12.9. The Balaban J connectivity index is 0.000000152. The lowest BCUT2D eigenvalue weighted by Crippen LogP contribution is -1.93. The van der Waals surface area contributed by atoms with Crippen LogP contribution < -0.4 is 0 Å². The van der Waals surface area contributed by atoms with Gasteiger partial charge in [-0.25, -0.2) is 9.36 Å². The average molecular weight is 548 g/mol. The number of nitrogens with zero attached hydrogens (tertiary/aromatic N) is 4. The van der Waals surface area contributed by atoms with Gasteiger partial charge in [0.1, 0.15) is 0 Å². The third kappa shape index (κ3) is 6.13. The molecule has 0 aliphatic carbocycles. The minimum Gasteiger partial charge on any atom is -0.241 e. The van der Waals surface area contributed by atoms with Crippen LogP contribution in [0.25, 0.3) is 33.6 Å². The van der Waals surface area contributed by atoms with E-state index in [1.807, 2.05) is 27.8 Å². The van der Waals surface area contributed by atoms with Crippen molar-refractivity contribution in [1.29, 1.82) is 0 Å². The number of rotatable bonds is 4. The van der Waals surface area contributed by atoms with Gasteiger partial charge in [0, 0.05) is 18.6 Å². The smallest absolute Gasteiger partial charge is 0.0646 e. The molecule has 0 N–H and O–H groups in total. The molecule has 182 valence electrons. The molecule has 0 saturated carbocycles. The van der Waals surface area contributed by atoms with Crippen molar-refractivity contribution in [2.75, 3.05) is 0 Å². The fourth-order valence-electron chi connectivity index (χ4n) is 3.97. The maximum atomic E-state index is 4.27. The number of aromatic nitrogens is 4. The molecular formula is C32H27BrN4. The molecule has 0 unspecified atom stereocenters. The Morgan fingerprint density at radius 2 is 0.973 bits per heavy atom. The Kier molecular flexibility index (Phi) is 7.43. The second-order valence-corrected chi connectivity index (χ2v) is 9.80. The molecule has 4 aromatic carbocycles. The zero-order valence-electron chi connectivity index (χ0n) is 20.8. The molecule has 6 rings (SSSR count). The Labute approximate surface area is 226 Å². The molecule has 2 heterocycles. The highest BCUT2D eigenvalue weighted by Gasteiger charge is 2.02. The zero-order chi connectivity index (χ0) is 25.6. The van der Waals surface area contributed by atoms with Crippen LogP contribution in [0.15, 0.2) is 132 Å². The molecule has 37 heavy (non-hydrogen) atoms. The van der Waals surface area contributed by atoms with Gasteiger partial charge in [-0.3, -0.25) is 0 Å². The van der Waals surface area contributed by atoms with Gasteiger partial charge in [-0.2, -0.15) is 10.2 Å². The lowest BCUT2D eigenvalue weighted by atomic mass is 10.0. The second-order valence-electron chi connectivity index (χ2n) is 8.88. The minimum absolute atomic E-state index is 0.982. The van der Waals surface area contributed by atoms with Gasteiger partial charge in [0.05, 0.1) is 22.0 Å². The zero-order valence-corrected chi connectivity index (χ0v) is 22.4. The van der Waals surface area contributed by atoms with Crippen LogP contribution in [0.2, 0.25) is 0 Å². The van der Waals surface area contributed by atoms with E-state index >= 15 is 0 Å². The highest BCUT2D eigenvalue weighted by molar-refractivity contribution is 9.10. The molecule has 4 nitrogen and oxygen atoms in total. The van der Waals surface area contributed by atoms with E-state index in [4.69, 9.17) is 0 Å². The van der Waals surface area contributed by atoms with Crippen LogP contribution in [-0.2, 0) is 0 Å². The van der Waals surface area contributed by atoms with Gasteiger partial charge in [-0.1, -0.05) is 83.9 Å². The summed E-state index contributed by atoms with van der Waals surface area (Å²) in [6.45, 7) is 4.20. The van der Waals surface area contributed by atoms with Crippen molar-refractivity contribution in [3.63, 3.8) is 0 Å². The summed E-state index contributed by atoms with van der Waals surface area (Å²) in [6.07, 6.45) is 7.46. The van der Waals surface area contributed by atoms with E-state index in [1.165, 1.54) is 33.4 Å². The minimum atomic E-state index is 0.982. The summed E-state index contributed by atoms with van der Waals surface area (Å²) < 4.78 is 4.69. The Hall–Kier alpha value is -4.22. The standard InChI is InChI=1S/C16H13BrN2.C16H14N2/c1-12-2-4-13(5-3-12)14-6-8-16(9-7-14)19-11-15(17)10-18-19;1-13-3-5-14(6-4-13)15-7-9-16(10-8-15)18-12-2-11-17-18/h2-11H,1H3;2-12H,1H3. The summed E-state index contributed by atoms with van der Waals surface area (Å²) in [5, 5.41) is 8.49. The van der Waals surface area contributed by atoms with E-state index in [9.17, 15) is 0 Å². The predicted molar refractivity (Wildman–Crippen MR) is 155 cm³/mol. The van der Waals surface area contributed by atoms with E-state index in [0.29, 0.717) is 0 Å². The molecule has 0 fully saturated rings. The largest absolute Gasteiger partial charge is 0.241 e. The maximum Gasteiger partial charge on any atom is 0.0646 e. The average Bonchev–Trinajstić information content (AvgIpc) is 3.63. The molecule has 0 aliphatic heterocycles. The summed E-state index contributed by atoms with van der Waals surface area (Å²) in [6, 6.07) is 35.9. The van der Waals surface area contributed by atoms with Gasteiger partial charge in [-0.05, 0) is 82.4 Å². The van der Waals surface area contributed by atoms with Crippen molar-refractivity contribution < 1.29 is 0 Å². The Morgan fingerprint density at radius 3 is 1.35 bits per heavy atom. The summed E-state index contributed by atoms with van der Waals surface area (Å²) in [5.41, 5.74) is 9.62. The topological polar surface area (TPSA) is 35.6 Å². The Morgan fingerprint density at radius 1 is 0.541 bits per heavy atom. The predicted octanol–water partition coefficient (Wildman–Crippen LogP) is 8.46. The molecule has 5 heteroatoms. The van der Waals surface area contributed by atoms with Gasteiger partial charge in [0.2, 0.25) is 0 Å². The number of hydrogen-bond acceptors (Lipinski definition) is 2. The summed E-state index contributed by atoms with van der Waals surface area (Å²) in [4.78, 5) is 0. The molecule has 0 aliphatic rings. The number of halogens is 1. The van der Waals surface area contributed by atoms with Crippen LogP contribution in [0.5, 0.6) is 0 Å². The van der Waals surface area contributed by atoms with Gasteiger partial charge in [-0.15, -0.1) is 0 Å². The number of hydrogen-bond donors (Lipinski definition) is 0. The van der Waals surface area contributed by atoms with Crippen molar-refractivity contribution in [2.24, 2.45) is 0 Å². The SMILES string of the molecule is Cc1ccc(-c2ccc(-n3cc(Br)cn3)cc2)cc1.Cc1ccc(-c2ccc(-n3cccn3)cc2)cc1. The van der Waals surface area contributed by atoms with E-state index in [0.717, 1.165) is 15.8 Å². The summed E-state index contributed by atoms with van der Waals surface area (Å²) in [7, 11) is 0. The maximum absolute atomic E-state index is 4.27. The van der Waals surface area contributed by atoms with E-state index < -0.39 is 0 Å². The van der Waals surface area contributed by atoms with E-state index in [2.05, 4.69) is 137 Å². The quantitative estimate of drug-likeness (QED) is 0.222. The second kappa shape index (κ2) is 11.2. The van der Waals surface area contributed by atoms with Gasteiger partial charge < -0.3 is 0 Å². The molecule has 0 bridgehead atoms.